The molecule has 0 fully saturated rings. The highest BCUT2D eigenvalue weighted by Crippen LogP contribution is 2.12. The van der Waals surface area contributed by atoms with E-state index < -0.39 is 0 Å². The number of carbonyl (C=O) groups is 1. The summed E-state index contributed by atoms with van der Waals surface area (Å²) in [5.74, 6) is -0.0635. The van der Waals surface area contributed by atoms with Crippen LogP contribution < -0.4 is 0 Å². The Hall–Kier alpha value is -2.17. The number of nitrogens with zero attached hydrogens (tertiary/aromatic N) is 4. The molecular weight excluding hydrogens is 252 g/mol. The molecule has 1 amide bonds. The molecule has 0 aliphatic carbocycles. The molecule has 0 spiro atoms. The Morgan fingerprint density at radius 3 is 2.50 bits per heavy atom. The van der Waals surface area contributed by atoms with Crippen molar-refractivity contribution in [1.29, 1.82) is 0 Å². The van der Waals surface area contributed by atoms with Crippen LogP contribution in [0.15, 0.2) is 24.3 Å². The van der Waals surface area contributed by atoms with E-state index in [0.29, 0.717) is 24.5 Å². The van der Waals surface area contributed by atoms with Crippen LogP contribution in [0.1, 0.15) is 35.6 Å². The van der Waals surface area contributed by atoms with Crippen LogP contribution in [-0.2, 0) is 0 Å². The van der Waals surface area contributed by atoms with Gasteiger partial charge < -0.3 is 4.90 Å². The number of hydrogen-bond donors (Lipinski definition) is 0. The standard InChI is InChI=1S/C15H20N4O/c1-5-18(6-2)15(20)14-12(4)16-19(17-14)13-9-7-8-11(3)10-13/h7-10H,5-6H2,1-4H3. The molecule has 2 rings (SSSR count). The van der Waals surface area contributed by atoms with E-state index in [0.717, 1.165) is 11.3 Å². The van der Waals surface area contributed by atoms with Gasteiger partial charge in [-0.1, -0.05) is 12.1 Å². The third-order valence-electron chi connectivity index (χ3n) is 3.27. The fourth-order valence-corrected chi connectivity index (χ4v) is 2.10. The molecule has 20 heavy (non-hydrogen) atoms. The predicted octanol–water partition coefficient (Wildman–Crippen LogP) is 2.37. The molecule has 2 aromatic rings. The van der Waals surface area contributed by atoms with Gasteiger partial charge in [-0.15, -0.1) is 5.10 Å². The predicted molar refractivity (Wildman–Crippen MR) is 78.1 cm³/mol. The molecule has 0 aliphatic rings. The van der Waals surface area contributed by atoms with E-state index in [1.165, 1.54) is 4.80 Å². The SMILES string of the molecule is CCN(CC)C(=O)c1nn(-c2cccc(C)c2)nc1C. The molecule has 5 nitrogen and oxygen atoms in total. The largest absolute Gasteiger partial charge is 0.338 e. The average Bonchev–Trinajstić information content (AvgIpc) is 2.82. The van der Waals surface area contributed by atoms with Crippen molar-refractivity contribution in [2.75, 3.05) is 13.1 Å². The van der Waals surface area contributed by atoms with Gasteiger partial charge in [0.15, 0.2) is 5.69 Å². The minimum atomic E-state index is -0.0635. The number of benzene rings is 1. The first-order valence-corrected chi connectivity index (χ1v) is 6.87. The van der Waals surface area contributed by atoms with Gasteiger partial charge in [0.2, 0.25) is 0 Å². The summed E-state index contributed by atoms with van der Waals surface area (Å²) in [6.45, 7) is 9.10. The van der Waals surface area contributed by atoms with E-state index in [4.69, 9.17) is 0 Å². The van der Waals surface area contributed by atoms with Gasteiger partial charge in [0.05, 0.1) is 11.4 Å². The van der Waals surface area contributed by atoms with Crippen molar-refractivity contribution in [1.82, 2.24) is 19.9 Å². The highest BCUT2D eigenvalue weighted by atomic mass is 16.2. The first-order valence-electron chi connectivity index (χ1n) is 6.87. The Bertz CT molecular complexity index is 614. The summed E-state index contributed by atoms with van der Waals surface area (Å²) in [6, 6.07) is 7.89. The summed E-state index contributed by atoms with van der Waals surface area (Å²) in [6.07, 6.45) is 0. The first kappa shape index (κ1) is 14.2. The number of carbonyl (C=O) groups excluding carboxylic acids is 1. The van der Waals surface area contributed by atoms with Crippen molar-refractivity contribution < 1.29 is 4.79 Å². The minimum absolute atomic E-state index is 0.0635. The lowest BCUT2D eigenvalue weighted by Gasteiger charge is -2.16. The Kier molecular flexibility index (Phi) is 4.17. The third kappa shape index (κ3) is 2.71. The van der Waals surface area contributed by atoms with E-state index in [1.807, 2.05) is 52.0 Å². The number of aryl methyl sites for hydroxylation is 2. The highest BCUT2D eigenvalue weighted by Gasteiger charge is 2.20. The lowest BCUT2D eigenvalue weighted by atomic mass is 10.2. The van der Waals surface area contributed by atoms with Crippen LogP contribution in [-0.4, -0.2) is 38.9 Å². The van der Waals surface area contributed by atoms with Crippen LogP contribution in [0.3, 0.4) is 0 Å². The summed E-state index contributed by atoms with van der Waals surface area (Å²) in [4.78, 5) is 15.6. The van der Waals surface area contributed by atoms with Crippen LogP contribution in [0, 0.1) is 13.8 Å². The number of rotatable bonds is 4. The van der Waals surface area contributed by atoms with Crippen molar-refractivity contribution in [3.05, 3.63) is 41.2 Å². The monoisotopic (exact) mass is 272 g/mol. The zero-order chi connectivity index (χ0) is 14.7. The van der Waals surface area contributed by atoms with Gasteiger partial charge in [0.25, 0.3) is 5.91 Å². The molecule has 1 heterocycles. The normalized spacial score (nSPS) is 10.6. The summed E-state index contributed by atoms with van der Waals surface area (Å²) in [5.41, 5.74) is 3.08. The smallest absolute Gasteiger partial charge is 0.276 e. The topological polar surface area (TPSA) is 51.0 Å². The van der Waals surface area contributed by atoms with Crippen LogP contribution in [0.25, 0.3) is 5.69 Å². The van der Waals surface area contributed by atoms with Gasteiger partial charge in [-0.3, -0.25) is 4.79 Å². The molecule has 1 aromatic heterocycles. The molecular formula is C15H20N4O. The minimum Gasteiger partial charge on any atom is -0.338 e. The highest BCUT2D eigenvalue weighted by molar-refractivity contribution is 5.93. The van der Waals surface area contributed by atoms with E-state index >= 15 is 0 Å². The van der Waals surface area contributed by atoms with Crippen molar-refractivity contribution in [3.63, 3.8) is 0 Å². The van der Waals surface area contributed by atoms with Gasteiger partial charge in [-0.25, -0.2) is 0 Å². The summed E-state index contributed by atoms with van der Waals surface area (Å²) >= 11 is 0. The lowest BCUT2D eigenvalue weighted by Crippen LogP contribution is -2.31. The van der Waals surface area contributed by atoms with Gasteiger partial charge in [-0.05, 0) is 45.4 Å². The van der Waals surface area contributed by atoms with Crippen molar-refractivity contribution >= 4 is 5.91 Å². The van der Waals surface area contributed by atoms with Crippen LogP contribution in [0.4, 0.5) is 0 Å². The second-order valence-electron chi connectivity index (χ2n) is 4.74. The number of hydrogen-bond acceptors (Lipinski definition) is 3. The maximum absolute atomic E-state index is 12.3. The molecule has 0 saturated carbocycles. The van der Waals surface area contributed by atoms with Crippen LogP contribution in [0.2, 0.25) is 0 Å². The maximum atomic E-state index is 12.3. The Morgan fingerprint density at radius 1 is 1.20 bits per heavy atom. The molecule has 1 aromatic carbocycles. The van der Waals surface area contributed by atoms with Crippen molar-refractivity contribution in [2.24, 2.45) is 0 Å². The quantitative estimate of drug-likeness (QED) is 0.858. The third-order valence-corrected chi connectivity index (χ3v) is 3.27. The van der Waals surface area contributed by atoms with E-state index in [2.05, 4.69) is 10.2 Å². The molecule has 0 unspecified atom stereocenters. The fourth-order valence-electron chi connectivity index (χ4n) is 2.10. The zero-order valence-corrected chi connectivity index (χ0v) is 12.4. The zero-order valence-electron chi connectivity index (χ0n) is 12.4. The average molecular weight is 272 g/mol. The first-order chi connectivity index (χ1) is 9.56. The van der Waals surface area contributed by atoms with Gasteiger partial charge in [-0.2, -0.15) is 9.90 Å². The van der Waals surface area contributed by atoms with E-state index in [9.17, 15) is 4.79 Å². The van der Waals surface area contributed by atoms with Crippen molar-refractivity contribution in [3.8, 4) is 5.69 Å². The fraction of sp³-hybridized carbons (Fsp3) is 0.400. The van der Waals surface area contributed by atoms with Gasteiger partial charge in [0.1, 0.15) is 0 Å². The Labute approximate surface area is 119 Å². The van der Waals surface area contributed by atoms with E-state index in [1.54, 1.807) is 4.90 Å². The number of aromatic nitrogens is 3. The summed E-state index contributed by atoms with van der Waals surface area (Å²) in [5, 5.41) is 8.70. The van der Waals surface area contributed by atoms with E-state index in [-0.39, 0.29) is 5.91 Å². The summed E-state index contributed by atoms with van der Waals surface area (Å²) in [7, 11) is 0. The van der Waals surface area contributed by atoms with Gasteiger partial charge >= 0.3 is 0 Å². The van der Waals surface area contributed by atoms with Crippen LogP contribution >= 0.6 is 0 Å². The lowest BCUT2D eigenvalue weighted by molar-refractivity contribution is 0.0766. The van der Waals surface area contributed by atoms with Crippen LogP contribution in [0.5, 0.6) is 0 Å². The second kappa shape index (κ2) is 5.86. The molecule has 0 saturated heterocycles. The molecule has 0 bridgehead atoms. The maximum Gasteiger partial charge on any atom is 0.276 e. The molecule has 5 heteroatoms. The molecule has 106 valence electrons. The number of amides is 1. The molecule has 0 N–H and O–H groups in total. The molecule has 0 radical (unpaired) electrons. The van der Waals surface area contributed by atoms with Crippen molar-refractivity contribution in [2.45, 2.75) is 27.7 Å². The molecule has 0 atom stereocenters. The Balaban J connectivity index is 2.37. The molecule has 0 aliphatic heterocycles. The second-order valence-corrected chi connectivity index (χ2v) is 4.74. The summed E-state index contributed by atoms with van der Waals surface area (Å²) < 4.78 is 0. The Morgan fingerprint density at radius 2 is 1.90 bits per heavy atom. The van der Waals surface area contributed by atoms with Gasteiger partial charge in [0, 0.05) is 13.1 Å².